The van der Waals surface area contributed by atoms with Crippen LogP contribution in [0, 0.1) is 0 Å². The second-order valence-corrected chi connectivity index (χ2v) is 6.19. The summed E-state index contributed by atoms with van der Waals surface area (Å²) in [4.78, 5) is 22.9. The van der Waals surface area contributed by atoms with Crippen LogP contribution in [0.15, 0.2) is 24.3 Å². The summed E-state index contributed by atoms with van der Waals surface area (Å²) in [7, 11) is 0. The molecule has 0 atom stereocenters. The molecule has 18 heavy (non-hydrogen) atoms. The third-order valence-electron chi connectivity index (χ3n) is 2.63. The predicted octanol–water partition coefficient (Wildman–Crippen LogP) is 3.19. The molecule has 0 radical (unpaired) electrons. The Kier molecular flexibility index (Phi) is 4.96. The number of esters is 1. The Morgan fingerprint density at radius 3 is 2.11 bits per heavy atom. The maximum absolute atomic E-state index is 11.8. The lowest BCUT2D eigenvalue weighted by molar-refractivity contribution is 0.0477. The molecule has 0 aliphatic carbocycles. The van der Waals surface area contributed by atoms with Crippen LogP contribution in [0.3, 0.4) is 0 Å². The summed E-state index contributed by atoms with van der Waals surface area (Å²) in [5, 5.41) is 0. The quantitative estimate of drug-likeness (QED) is 0.606. The van der Waals surface area contributed by atoms with E-state index in [2.05, 4.69) is 0 Å². The smallest absolute Gasteiger partial charge is 0.338 e. The van der Waals surface area contributed by atoms with Crippen molar-refractivity contribution in [2.75, 3.05) is 12.9 Å². The van der Waals surface area contributed by atoms with Gasteiger partial charge in [0.2, 0.25) is 0 Å². The van der Waals surface area contributed by atoms with Gasteiger partial charge in [-0.15, -0.1) is 0 Å². The van der Waals surface area contributed by atoms with Crippen LogP contribution in [-0.4, -0.2) is 29.4 Å². The fourth-order valence-corrected chi connectivity index (χ4v) is 1.40. The summed E-state index contributed by atoms with van der Waals surface area (Å²) in [6.45, 7) is 5.89. The van der Waals surface area contributed by atoms with Gasteiger partial charge in [-0.1, -0.05) is 12.1 Å². The van der Waals surface area contributed by atoms with Gasteiger partial charge in [-0.05, 0) is 39.2 Å². The van der Waals surface area contributed by atoms with E-state index in [-0.39, 0.29) is 16.5 Å². The van der Waals surface area contributed by atoms with E-state index in [9.17, 15) is 9.59 Å². The number of benzene rings is 1. The van der Waals surface area contributed by atoms with Crippen molar-refractivity contribution in [2.45, 2.75) is 25.5 Å². The van der Waals surface area contributed by atoms with Gasteiger partial charge in [-0.25, -0.2) is 4.79 Å². The van der Waals surface area contributed by atoms with Crippen LogP contribution in [0.5, 0.6) is 0 Å². The minimum atomic E-state index is -0.354. The van der Waals surface area contributed by atoms with Gasteiger partial charge in [-0.3, -0.25) is 4.79 Å². The van der Waals surface area contributed by atoms with E-state index in [1.165, 1.54) is 6.92 Å². The van der Waals surface area contributed by atoms with Crippen LogP contribution < -0.4 is 0 Å². The van der Waals surface area contributed by atoms with Crippen LogP contribution in [0.25, 0.3) is 0 Å². The molecule has 0 heterocycles. The zero-order valence-electron chi connectivity index (χ0n) is 11.1. The molecule has 0 aromatic heterocycles. The van der Waals surface area contributed by atoms with E-state index in [4.69, 9.17) is 4.74 Å². The molecule has 0 aliphatic rings. The van der Waals surface area contributed by atoms with Gasteiger partial charge < -0.3 is 4.74 Å². The molecular weight excluding hydrogens is 248 g/mol. The number of ether oxygens (including phenoxy) is 1. The fourth-order valence-electron chi connectivity index (χ4n) is 1.22. The standard InChI is InChI=1S/C14H18O3S/c1-10(15)11-5-7-12(8-6-11)13(16)17-9-14(2,3)18-4/h5-8H,9H2,1-4H3. The van der Waals surface area contributed by atoms with Crippen LogP contribution in [-0.2, 0) is 4.74 Å². The highest BCUT2D eigenvalue weighted by atomic mass is 32.2. The van der Waals surface area contributed by atoms with Gasteiger partial charge in [0.25, 0.3) is 0 Å². The zero-order valence-corrected chi connectivity index (χ0v) is 12.0. The van der Waals surface area contributed by atoms with Crippen molar-refractivity contribution in [1.29, 1.82) is 0 Å². The van der Waals surface area contributed by atoms with Gasteiger partial charge in [0.1, 0.15) is 6.61 Å². The molecule has 1 aromatic rings. The number of rotatable bonds is 5. The molecule has 4 heteroatoms. The first-order valence-corrected chi connectivity index (χ1v) is 6.91. The fraction of sp³-hybridized carbons (Fsp3) is 0.429. The highest BCUT2D eigenvalue weighted by Crippen LogP contribution is 2.21. The van der Waals surface area contributed by atoms with Gasteiger partial charge in [0, 0.05) is 10.3 Å². The number of Topliss-reactive ketones (excluding diaryl/α,β-unsaturated/α-hetero) is 1. The lowest BCUT2D eigenvalue weighted by Gasteiger charge is -2.21. The van der Waals surface area contributed by atoms with Crippen molar-refractivity contribution in [1.82, 2.24) is 0 Å². The first-order chi connectivity index (χ1) is 8.35. The second-order valence-electron chi connectivity index (χ2n) is 4.67. The Morgan fingerprint density at radius 1 is 1.17 bits per heavy atom. The lowest BCUT2D eigenvalue weighted by atomic mass is 10.1. The Balaban J connectivity index is 2.65. The average Bonchev–Trinajstić information content (AvgIpc) is 2.36. The first kappa shape index (κ1) is 14.8. The molecule has 0 fully saturated rings. The number of thioether (sulfide) groups is 1. The van der Waals surface area contributed by atoms with Crippen LogP contribution in [0.1, 0.15) is 41.5 Å². The Morgan fingerprint density at radius 2 is 1.67 bits per heavy atom. The van der Waals surface area contributed by atoms with Gasteiger partial charge >= 0.3 is 5.97 Å². The summed E-state index contributed by atoms with van der Waals surface area (Å²) in [6.07, 6.45) is 1.98. The van der Waals surface area contributed by atoms with E-state index in [0.717, 1.165) is 0 Å². The van der Waals surface area contributed by atoms with E-state index in [1.54, 1.807) is 36.0 Å². The summed E-state index contributed by atoms with van der Waals surface area (Å²) in [5.41, 5.74) is 1.06. The Labute approximate surface area is 112 Å². The molecule has 1 rings (SSSR count). The van der Waals surface area contributed by atoms with Crippen molar-refractivity contribution in [2.24, 2.45) is 0 Å². The molecule has 0 aliphatic heterocycles. The van der Waals surface area contributed by atoms with Crippen LogP contribution in [0.4, 0.5) is 0 Å². The van der Waals surface area contributed by atoms with Gasteiger partial charge in [0.15, 0.2) is 5.78 Å². The Bertz CT molecular complexity index is 435. The largest absolute Gasteiger partial charge is 0.461 e. The summed E-state index contributed by atoms with van der Waals surface area (Å²) >= 11 is 1.65. The molecule has 0 spiro atoms. The highest BCUT2D eigenvalue weighted by Gasteiger charge is 2.19. The molecular formula is C14H18O3S. The third kappa shape index (κ3) is 4.18. The molecule has 0 saturated heterocycles. The number of carbonyl (C=O) groups excluding carboxylic acids is 2. The second kappa shape index (κ2) is 6.05. The van der Waals surface area contributed by atoms with Crippen molar-refractivity contribution in [3.8, 4) is 0 Å². The van der Waals surface area contributed by atoms with Gasteiger partial charge in [0.05, 0.1) is 5.56 Å². The molecule has 1 aromatic carbocycles. The van der Waals surface area contributed by atoms with Crippen molar-refractivity contribution in [3.63, 3.8) is 0 Å². The van der Waals surface area contributed by atoms with E-state index < -0.39 is 0 Å². The maximum atomic E-state index is 11.8. The number of ketones is 1. The minimum absolute atomic E-state index is 0.0153. The highest BCUT2D eigenvalue weighted by molar-refractivity contribution is 7.99. The molecule has 3 nitrogen and oxygen atoms in total. The minimum Gasteiger partial charge on any atom is -0.461 e. The maximum Gasteiger partial charge on any atom is 0.338 e. The zero-order chi connectivity index (χ0) is 13.8. The van der Waals surface area contributed by atoms with Crippen LogP contribution in [0.2, 0.25) is 0 Å². The summed E-state index contributed by atoms with van der Waals surface area (Å²) < 4.78 is 5.15. The molecule has 0 bridgehead atoms. The van der Waals surface area contributed by atoms with Crippen molar-refractivity contribution < 1.29 is 14.3 Å². The molecule has 0 unspecified atom stereocenters. The first-order valence-electron chi connectivity index (χ1n) is 5.69. The number of hydrogen-bond acceptors (Lipinski definition) is 4. The molecule has 0 saturated carbocycles. The summed E-state index contributed by atoms with van der Waals surface area (Å²) in [5.74, 6) is -0.370. The topological polar surface area (TPSA) is 43.4 Å². The molecule has 98 valence electrons. The average molecular weight is 266 g/mol. The van der Waals surface area contributed by atoms with E-state index in [0.29, 0.717) is 17.7 Å². The number of hydrogen-bond donors (Lipinski definition) is 0. The Hall–Kier alpha value is -1.29. The lowest BCUT2D eigenvalue weighted by Crippen LogP contribution is -2.24. The normalized spacial score (nSPS) is 11.1. The predicted molar refractivity (Wildman–Crippen MR) is 74.3 cm³/mol. The summed E-state index contributed by atoms with van der Waals surface area (Å²) in [6, 6.07) is 6.51. The third-order valence-corrected chi connectivity index (χ3v) is 3.85. The van der Waals surface area contributed by atoms with Crippen molar-refractivity contribution in [3.05, 3.63) is 35.4 Å². The van der Waals surface area contributed by atoms with E-state index in [1.807, 2.05) is 20.1 Å². The molecule has 0 N–H and O–H groups in total. The van der Waals surface area contributed by atoms with Crippen LogP contribution >= 0.6 is 11.8 Å². The molecule has 0 amide bonds. The van der Waals surface area contributed by atoms with Gasteiger partial charge in [-0.2, -0.15) is 11.8 Å². The monoisotopic (exact) mass is 266 g/mol. The van der Waals surface area contributed by atoms with Crippen molar-refractivity contribution >= 4 is 23.5 Å². The van der Waals surface area contributed by atoms with E-state index >= 15 is 0 Å². The number of carbonyl (C=O) groups is 2. The SMILES string of the molecule is CSC(C)(C)COC(=O)c1ccc(C(C)=O)cc1.